The molecular weight excluding hydrogens is 266 g/mol. The van der Waals surface area contributed by atoms with Gasteiger partial charge in [0.15, 0.2) is 0 Å². The number of carbonyl (C=O) groups is 1. The maximum absolute atomic E-state index is 12.7. The summed E-state index contributed by atoms with van der Waals surface area (Å²) in [5.74, 6) is 1.33. The lowest BCUT2D eigenvalue weighted by molar-refractivity contribution is -0.153. The van der Waals surface area contributed by atoms with Gasteiger partial charge < -0.3 is 9.30 Å². The van der Waals surface area contributed by atoms with Gasteiger partial charge in [0.1, 0.15) is 11.4 Å². The molecule has 0 aromatic carbocycles. The SMILES string of the molecule is CCOC(=O)C(Cn1ccnc1CC)(NC1CC1)C1CC1. The molecule has 0 bridgehead atoms. The summed E-state index contributed by atoms with van der Waals surface area (Å²) in [4.78, 5) is 17.1. The number of imidazole rings is 1. The molecule has 2 saturated carbocycles. The maximum Gasteiger partial charge on any atom is 0.328 e. The zero-order valence-corrected chi connectivity index (χ0v) is 13.0. The zero-order valence-electron chi connectivity index (χ0n) is 13.0. The molecule has 2 aliphatic rings. The average Bonchev–Trinajstić information content (AvgIpc) is 3.38. The Morgan fingerprint density at radius 2 is 2.19 bits per heavy atom. The van der Waals surface area contributed by atoms with Crippen molar-refractivity contribution in [3.05, 3.63) is 18.2 Å². The van der Waals surface area contributed by atoms with Crippen LogP contribution in [0.3, 0.4) is 0 Å². The standard InChI is InChI=1S/C16H25N3O2/c1-3-14-17-9-10-19(14)11-16(12-5-6-12,15(20)21-4-2)18-13-7-8-13/h9-10,12-13,18H,3-8,11H2,1-2H3. The monoisotopic (exact) mass is 291 g/mol. The minimum absolute atomic E-state index is 0.0878. The van der Waals surface area contributed by atoms with E-state index in [-0.39, 0.29) is 5.97 Å². The van der Waals surface area contributed by atoms with Gasteiger partial charge in [-0.15, -0.1) is 0 Å². The van der Waals surface area contributed by atoms with Gasteiger partial charge in [-0.3, -0.25) is 5.32 Å². The van der Waals surface area contributed by atoms with Gasteiger partial charge in [-0.2, -0.15) is 0 Å². The van der Waals surface area contributed by atoms with Crippen LogP contribution in [-0.4, -0.2) is 33.7 Å². The van der Waals surface area contributed by atoms with Crippen molar-refractivity contribution in [2.24, 2.45) is 5.92 Å². The molecule has 21 heavy (non-hydrogen) atoms. The molecule has 1 atom stereocenters. The molecule has 5 heteroatoms. The minimum atomic E-state index is -0.568. The van der Waals surface area contributed by atoms with Crippen LogP contribution in [0.5, 0.6) is 0 Å². The van der Waals surface area contributed by atoms with E-state index >= 15 is 0 Å². The second kappa shape index (κ2) is 5.79. The third-order valence-electron chi connectivity index (χ3n) is 4.49. The summed E-state index contributed by atoms with van der Waals surface area (Å²) in [5, 5.41) is 3.62. The molecule has 0 radical (unpaired) electrons. The summed E-state index contributed by atoms with van der Waals surface area (Å²) in [6, 6.07) is 0.476. The Balaban J connectivity index is 1.87. The van der Waals surface area contributed by atoms with Crippen LogP contribution in [-0.2, 0) is 22.5 Å². The number of aromatic nitrogens is 2. The predicted octanol–water partition coefficient (Wildman–Crippen LogP) is 1.91. The van der Waals surface area contributed by atoms with Gasteiger partial charge in [-0.25, -0.2) is 9.78 Å². The van der Waals surface area contributed by atoms with Crippen LogP contribution in [0.4, 0.5) is 0 Å². The summed E-state index contributed by atoms with van der Waals surface area (Å²) in [6.07, 6.45) is 9.21. The van der Waals surface area contributed by atoms with E-state index in [2.05, 4.69) is 21.8 Å². The second-order valence-electron chi connectivity index (χ2n) is 6.21. The van der Waals surface area contributed by atoms with E-state index in [1.807, 2.05) is 19.3 Å². The van der Waals surface area contributed by atoms with Crippen molar-refractivity contribution < 1.29 is 9.53 Å². The van der Waals surface area contributed by atoms with Gasteiger partial charge in [0, 0.05) is 24.9 Å². The van der Waals surface area contributed by atoms with Crippen LogP contribution < -0.4 is 5.32 Å². The quantitative estimate of drug-likeness (QED) is 0.743. The van der Waals surface area contributed by atoms with E-state index in [0.29, 0.717) is 25.1 Å². The molecule has 1 aromatic heterocycles. The van der Waals surface area contributed by atoms with E-state index in [9.17, 15) is 4.79 Å². The Kier molecular flexibility index (Phi) is 4.02. The average molecular weight is 291 g/mol. The first-order chi connectivity index (χ1) is 10.2. The molecule has 1 aromatic rings. The van der Waals surface area contributed by atoms with Crippen LogP contribution in [0.25, 0.3) is 0 Å². The van der Waals surface area contributed by atoms with Crippen LogP contribution >= 0.6 is 0 Å². The molecule has 0 spiro atoms. The smallest absolute Gasteiger partial charge is 0.328 e. The lowest BCUT2D eigenvalue weighted by Crippen LogP contribution is -2.58. The maximum atomic E-state index is 12.7. The molecule has 0 aliphatic heterocycles. The van der Waals surface area contributed by atoms with Gasteiger partial charge >= 0.3 is 5.97 Å². The van der Waals surface area contributed by atoms with Crippen LogP contribution in [0.2, 0.25) is 0 Å². The number of rotatable bonds is 8. The molecule has 0 amide bonds. The van der Waals surface area contributed by atoms with Crippen LogP contribution in [0.15, 0.2) is 12.4 Å². The Bertz CT molecular complexity index is 505. The third kappa shape index (κ3) is 2.98. The Labute approximate surface area is 126 Å². The van der Waals surface area contributed by atoms with Gasteiger partial charge in [0.2, 0.25) is 0 Å². The second-order valence-corrected chi connectivity index (χ2v) is 6.21. The van der Waals surface area contributed by atoms with Crippen molar-refractivity contribution in [2.45, 2.75) is 64.1 Å². The molecule has 2 fully saturated rings. The van der Waals surface area contributed by atoms with Crippen LogP contribution in [0, 0.1) is 5.92 Å². The first-order valence-corrected chi connectivity index (χ1v) is 8.14. The van der Waals surface area contributed by atoms with Gasteiger partial charge in [-0.05, 0) is 38.5 Å². The molecule has 1 N–H and O–H groups in total. The predicted molar refractivity (Wildman–Crippen MR) is 79.9 cm³/mol. The summed E-state index contributed by atoms with van der Waals surface area (Å²) >= 11 is 0. The first-order valence-electron chi connectivity index (χ1n) is 8.14. The number of nitrogens with one attached hydrogen (secondary N) is 1. The van der Waals surface area contributed by atoms with Gasteiger partial charge in [0.25, 0.3) is 0 Å². The number of hydrogen-bond acceptors (Lipinski definition) is 4. The number of carbonyl (C=O) groups excluding carboxylic acids is 1. The molecular formula is C16H25N3O2. The van der Waals surface area contributed by atoms with Crippen molar-refractivity contribution >= 4 is 5.97 Å². The fourth-order valence-electron chi connectivity index (χ4n) is 3.08. The largest absolute Gasteiger partial charge is 0.465 e. The lowest BCUT2D eigenvalue weighted by atomic mass is 9.92. The van der Waals surface area contributed by atoms with E-state index in [4.69, 9.17) is 4.74 Å². The highest BCUT2D eigenvalue weighted by Crippen LogP contribution is 2.43. The summed E-state index contributed by atoms with van der Waals surface area (Å²) in [6.45, 7) is 5.04. The number of ether oxygens (including phenoxy) is 1. The summed E-state index contributed by atoms with van der Waals surface area (Å²) in [7, 11) is 0. The van der Waals surface area contributed by atoms with Crippen molar-refractivity contribution in [3.8, 4) is 0 Å². The van der Waals surface area contributed by atoms with Gasteiger partial charge in [-0.1, -0.05) is 6.92 Å². The van der Waals surface area contributed by atoms with Crippen molar-refractivity contribution in [2.75, 3.05) is 6.61 Å². The normalized spacial score (nSPS) is 21.0. The molecule has 1 unspecified atom stereocenters. The summed E-state index contributed by atoms with van der Waals surface area (Å²) in [5.41, 5.74) is -0.568. The Morgan fingerprint density at radius 3 is 2.76 bits per heavy atom. The number of aryl methyl sites for hydroxylation is 1. The minimum Gasteiger partial charge on any atom is -0.465 e. The first kappa shape index (κ1) is 14.6. The van der Waals surface area contributed by atoms with Crippen molar-refractivity contribution in [3.63, 3.8) is 0 Å². The molecule has 5 nitrogen and oxygen atoms in total. The topological polar surface area (TPSA) is 56.2 Å². The molecule has 2 aliphatic carbocycles. The fraction of sp³-hybridized carbons (Fsp3) is 0.750. The zero-order chi connectivity index (χ0) is 14.9. The van der Waals surface area contributed by atoms with E-state index in [0.717, 1.165) is 25.1 Å². The Hall–Kier alpha value is -1.36. The van der Waals surface area contributed by atoms with E-state index < -0.39 is 5.54 Å². The lowest BCUT2D eigenvalue weighted by Gasteiger charge is -2.33. The Morgan fingerprint density at radius 1 is 1.43 bits per heavy atom. The molecule has 1 heterocycles. The van der Waals surface area contributed by atoms with Crippen molar-refractivity contribution in [1.82, 2.24) is 14.9 Å². The van der Waals surface area contributed by atoms with Crippen molar-refractivity contribution in [1.29, 1.82) is 0 Å². The molecule has 3 rings (SSSR count). The molecule has 116 valence electrons. The van der Waals surface area contributed by atoms with E-state index in [1.54, 1.807) is 0 Å². The highest BCUT2D eigenvalue weighted by atomic mass is 16.5. The fourth-order valence-corrected chi connectivity index (χ4v) is 3.08. The number of esters is 1. The summed E-state index contributed by atoms with van der Waals surface area (Å²) < 4.78 is 7.54. The number of nitrogens with zero attached hydrogens (tertiary/aromatic N) is 2. The molecule has 0 saturated heterocycles. The highest BCUT2D eigenvalue weighted by Gasteiger charge is 2.54. The number of hydrogen-bond donors (Lipinski definition) is 1. The van der Waals surface area contributed by atoms with Gasteiger partial charge in [0.05, 0.1) is 13.2 Å². The van der Waals surface area contributed by atoms with E-state index in [1.165, 1.54) is 12.8 Å². The van der Waals surface area contributed by atoms with Crippen LogP contribution in [0.1, 0.15) is 45.4 Å². The third-order valence-corrected chi connectivity index (χ3v) is 4.49. The highest BCUT2D eigenvalue weighted by molar-refractivity contribution is 5.82.